The maximum Gasteiger partial charge on any atom is 0.153 e. The van der Waals surface area contributed by atoms with Crippen molar-refractivity contribution in [2.24, 2.45) is 0 Å². The zero-order valence-electron chi connectivity index (χ0n) is 15.5. The maximum absolute atomic E-state index is 14.4. The lowest BCUT2D eigenvalue weighted by atomic mass is 10.1. The number of halogens is 3. The molecule has 0 aliphatic rings. The number of benzene rings is 3. The molecule has 5 nitrogen and oxygen atoms in total. The van der Waals surface area contributed by atoms with E-state index in [4.69, 9.17) is 0 Å². The number of aromatic nitrogens is 5. The number of nitrogens with zero attached hydrogens (tertiary/aromatic N) is 5. The van der Waals surface area contributed by atoms with E-state index in [2.05, 4.69) is 15.1 Å². The van der Waals surface area contributed by atoms with Crippen molar-refractivity contribution in [1.29, 1.82) is 0 Å². The Hall–Kier alpha value is -3.94. The highest BCUT2D eigenvalue weighted by Crippen LogP contribution is 2.29. The van der Waals surface area contributed by atoms with Crippen LogP contribution in [0.15, 0.2) is 73.3 Å². The average molecular weight is 405 g/mol. The topological polar surface area (TPSA) is 48.5 Å². The third kappa shape index (κ3) is 3.22. The summed E-state index contributed by atoms with van der Waals surface area (Å²) in [5.74, 6) is -1.38. The van der Waals surface area contributed by atoms with Gasteiger partial charge in [-0.05, 0) is 48.0 Å². The van der Waals surface area contributed by atoms with Crippen LogP contribution in [-0.4, -0.2) is 24.3 Å². The zero-order valence-corrected chi connectivity index (χ0v) is 15.5. The second-order valence-electron chi connectivity index (χ2n) is 6.79. The standard InChI is InChI=1S/C22H14F3N5/c23-16-3-1-2-14(8-16)11-29-20-10-17(24)9-19(25)21(20)28-22(29)15-4-6-18(7-5-15)30-13-26-12-27-30/h1-10,12-13H,11H2. The minimum atomic E-state index is -0.747. The predicted molar refractivity (Wildman–Crippen MR) is 106 cm³/mol. The van der Waals surface area contributed by atoms with Crippen LogP contribution in [0.25, 0.3) is 28.1 Å². The Morgan fingerprint density at radius 3 is 2.43 bits per heavy atom. The minimum absolute atomic E-state index is 0.0585. The molecule has 0 bridgehead atoms. The van der Waals surface area contributed by atoms with Gasteiger partial charge in [-0.3, -0.25) is 0 Å². The molecule has 0 amide bonds. The van der Waals surface area contributed by atoms with Crippen molar-refractivity contribution in [3.05, 3.63) is 96.3 Å². The van der Waals surface area contributed by atoms with Crippen LogP contribution >= 0.6 is 0 Å². The van der Waals surface area contributed by atoms with Crippen LogP contribution in [0.5, 0.6) is 0 Å². The first-order valence-electron chi connectivity index (χ1n) is 9.13. The molecule has 5 aromatic rings. The summed E-state index contributed by atoms with van der Waals surface area (Å²) in [5.41, 5.74) is 2.50. The Kier molecular flexibility index (Phi) is 4.31. The van der Waals surface area contributed by atoms with Crippen LogP contribution in [0.1, 0.15) is 5.56 Å². The molecular weight excluding hydrogens is 391 g/mol. The molecular formula is C22H14F3N5. The van der Waals surface area contributed by atoms with E-state index in [1.165, 1.54) is 24.5 Å². The zero-order chi connectivity index (χ0) is 20.7. The molecule has 5 rings (SSSR count). The number of rotatable bonds is 4. The van der Waals surface area contributed by atoms with Gasteiger partial charge < -0.3 is 4.57 Å². The molecule has 0 spiro atoms. The third-order valence-electron chi connectivity index (χ3n) is 4.81. The van der Waals surface area contributed by atoms with Gasteiger partial charge in [0.2, 0.25) is 0 Å². The highest BCUT2D eigenvalue weighted by molar-refractivity contribution is 5.81. The van der Waals surface area contributed by atoms with Gasteiger partial charge in [-0.1, -0.05) is 12.1 Å². The highest BCUT2D eigenvalue weighted by atomic mass is 19.1. The summed E-state index contributed by atoms with van der Waals surface area (Å²) < 4.78 is 45.3. The fourth-order valence-electron chi connectivity index (χ4n) is 3.45. The SMILES string of the molecule is Fc1cccc(Cn2c(-c3ccc(-n4cncn4)cc3)nc3c(F)cc(F)cc32)c1. The first-order chi connectivity index (χ1) is 14.6. The van der Waals surface area contributed by atoms with Crippen LogP contribution < -0.4 is 0 Å². The molecule has 30 heavy (non-hydrogen) atoms. The van der Waals surface area contributed by atoms with Gasteiger partial charge >= 0.3 is 0 Å². The molecule has 3 aromatic carbocycles. The molecule has 0 radical (unpaired) electrons. The summed E-state index contributed by atoms with van der Waals surface area (Å²) in [4.78, 5) is 8.35. The summed E-state index contributed by atoms with van der Waals surface area (Å²) in [6, 6.07) is 15.4. The molecule has 0 N–H and O–H groups in total. The van der Waals surface area contributed by atoms with E-state index < -0.39 is 11.6 Å². The molecule has 8 heteroatoms. The van der Waals surface area contributed by atoms with Gasteiger partial charge in [0.05, 0.1) is 11.2 Å². The van der Waals surface area contributed by atoms with Crippen molar-refractivity contribution < 1.29 is 13.2 Å². The Labute approximate surface area is 169 Å². The number of hydrogen-bond acceptors (Lipinski definition) is 3. The van der Waals surface area contributed by atoms with Crippen molar-refractivity contribution in [2.45, 2.75) is 6.54 Å². The van der Waals surface area contributed by atoms with E-state index in [1.807, 2.05) is 24.3 Å². The van der Waals surface area contributed by atoms with Crippen LogP contribution in [0.3, 0.4) is 0 Å². The molecule has 0 aliphatic carbocycles. The summed E-state index contributed by atoms with van der Waals surface area (Å²) in [5, 5.41) is 4.08. The maximum atomic E-state index is 14.4. The van der Waals surface area contributed by atoms with Crippen molar-refractivity contribution in [1.82, 2.24) is 24.3 Å². The van der Waals surface area contributed by atoms with E-state index in [0.717, 1.165) is 11.8 Å². The number of fused-ring (bicyclic) bond motifs is 1. The van der Waals surface area contributed by atoms with Crippen molar-refractivity contribution in [2.75, 3.05) is 0 Å². The Balaban J connectivity index is 1.66. The number of hydrogen-bond donors (Lipinski definition) is 0. The van der Waals surface area contributed by atoms with E-state index in [0.29, 0.717) is 22.5 Å². The van der Waals surface area contributed by atoms with Crippen molar-refractivity contribution in [3.63, 3.8) is 0 Å². The first-order valence-corrected chi connectivity index (χ1v) is 9.13. The normalized spacial score (nSPS) is 11.3. The summed E-state index contributed by atoms with van der Waals surface area (Å²) in [6.07, 6.45) is 3.01. The van der Waals surface area contributed by atoms with Gasteiger partial charge in [0.25, 0.3) is 0 Å². The van der Waals surface area contributed by atoms with Gasteiger partial charge in [0.1, 0.15) is 35.6 Å². The van der Waals surface area contributed by atoms with E-state index >= 15 is 0 Å². The van der Waals surface area contributed by atoms with E-state index in [9.17, 15) is 13.2 Å². The lowest BCUT2D eigenvalue weighted by molar-refractivity contribution is 0.590. The van der Waals surface area contributed by atoms with Crippen LogP contribution in [0, 0.1) is 17.5 Å². The smallest absolute Gasteiger partial charge is 0.153 e. The molecule has 0 aliphatic heterocycles. The first kappa shape index (κ1) is 18.1. The molecule has 0 fully saturated rings. The van der Waals surface area contributed by atoms with Gasteiger partial charge in [-0.15, -0.1) is 0 Å². The molecule has 2 heterocycles. The lowest BCUT2D eigenvalue weighted by Gasteiger charge is -2.10. The van der Waals surface area contributed by atoms with Gasteiger partial charge in [-0.2, -0.15) is 5.10 Å². The lowest BCUT2D eigenvalue weighted by Crippen LogP contribution is -2.03. The second kappa shape index (κ2) is 7.14. The Bertz CT molecular complexity index is 1340. The summed E-state index contributed by atoms with van der Waals surface area (Å²) in [7, 11) is 0. The fourth-order valence-corrected chi connectivity index (χ4v) is 3.45. The average Bonchev–Trinajstić information content (AvgIpc) is 3.38. The highest BCUT2D eigenvalue weighted by Gasteiger charge is 2.17. The molecule has 0 saturated carbocycles. The number of imidazole rings is 1. The van der Waals surface area contributed by atoms with Crippen LogP contribution in [-0.2, 0) is 6.54 Å². The minimum Gasteiger partial charge on any atom is -0.319 e. The van der Waals surface area contributed by atoms with Crippen molar-refractivity contribution in [3.8, 4) is 17.1 Å². The van der Waals surface area contributed by atoms with E-state index in [1.54, 1.807) is 27.7 Å². The summed E-state index contributed by atoms with van der Waals surface area (Å²) >= 11 is 0. The Morgan fingerprint density at radius 1 is 0.867 bits per heavy atom. The second-order valence-corrected chi connectivity index (χ2v) is 6.79. The molecule has 2 aromatic heterocycles. The van der Waals surface area contributed by atoms with Crippen LogP contribution in [0.2, 0.25) is 0 Å². The molecule has 0 saturated heterocycles. The molecule has 0 atom stereocenters. The van der Waals surface area contributed by atoms with Gasteiger partial charge in [0.15, 0.2) is 5.82 Å². The quantitative estimate of drug-likeness (QED) is 0.434. The van der Waals surface area contributed by atoms with Crippen LogP contribution in [0.4, 0.5) is 13.2 Å². The van der Waals surface area contributed by atoms with Crippen molar-refractivity contribution >= 4 is 11.0 Å². The van der Waals surface area contributed by atoms with Gasteiger partial charge in [-0.25, -0.2) is 27.8 Å². The monoisotopic (exact) mass is 405 g/mol. The van der Waals surface area contributed by atoms with Gasteiger partial charge in [0, 0.05) is 18.2 Å². The summed E-state index contributed by atoms with van der Waals surface area (Å²) in [6.45, 7) is 0.206. The predicted octanol–water partition coefficient (Wildman–Crippen LogP) is 4.75. The molecule has 0 unspecified atom stereocenters. The largest absolute Gasteiger partial charge is 0.319 e. The Morgan fingerprint density at radius 2 is 1.70 bits per heavy atom. The molecule has 148 valence electrons. The fraction of sp³-hybridized carbons (Fsp3) is 0.0455. The van der Waals surface area contributed by atoms with E-state index in [-0.39, 0.29) is 17.9 Å². The third-order valence-corrected chi connectivity index (χ3v) is 4.81.